The van der Waals surface area contributed by atoms with Crippen molar-refractivity contribution in [2.75, 3.05) is 7.11 Å². The number of benzene rings is 1. The number of esters is 2. The minimum absolute atomic E-state index is 0.154. The summed E-state index contributed by atoms with van der Waals surface area (Å²) in [4.78, 5) is 36.9. The number of furan rings is 1. The van der Waals surface area contributed by atoms with Crippen LogP contribution < -0.4 is 5.32 Å². The molecule has 9 heteroatoms. The molecule has 0 amide bonds. The number of nitro groups is 1. The number of ether oxygens (including phenoxy) is 2. The predicted molar refractivity (Wildman–Crippen MR) is 119 cm³/mol. The SMILES string of the molecule is COC(=O)C1=C(C)NC(C)=C(C(=O)OC(C)=C(C)c2ccoc2)C1c1cccc([N+](=O)[O-])c1. The first-order valence-corrected chi connectivity index (χ1v) is 10.1. The Bertz CT molecular complexity index is 1200. The largest absolute Gasteiger partial charge is 0.472 e. The maximum Gasteiger partial charge on any atom is 0.341 e. The van der Waals surface area contributed by atoms with Gasteiger partial charge >= 0.3 is 11.9 Å². The number of nitrogens with one attached hydrogen (secondary N) is 1. The van der Waals surface area contributed by atoms with Gasteiger partial charge in [-0.3, -0.25) is 10.1 Å². The molecule has 9 nitrogen and oxygen atoms in total. The molecule has 1 aliphatic rings. The van der Waals surface area contributed by atoms with E-state index in [9.17, 15) is 19.7 Å². The van der Waals surface area contributed by atoms with Crippen LogP contribution in [0.5, 0.6) is 0 Å². The molecule has 1 unspecified atom stereocenters. The molecule has 0 saturated heterocycles. The summed E-state index contributed by atoms with van der Waals surface area (Å²) in [5, 5.41) is 14.4. The molecular weight excluding hydrogens is 428 g/mol. The standard InChI is InChI=1S/C24H24N2O7/c1-13(18-9-10-32-12-18)16(4)33-24(28)21-15(3)25-14(2)20(23(27)31-5)22(21)17-7-6-8-19(11-17)26(29)30/h6-12,22,25H,1-5H3. The van der Waals surface area contributed by atoms with E-state index in [0.29, 0.717) is 28.3 Å². The molecular formula is C24H24N2O7. The van der Waals surface area contributed by atoms with Crippen LogP contribution in [0.15, 0.2) is 75.6 Å². The van der Waals surface area contributed by atoms with Gasteiger partial charge in [0.25, 0.3) is 5.69 Å². The van der Waals surface area contributed by atoms with Crippen molar-refractivity contribution in [2.24, 2.45) is 0 Å². The van der Waals surface area contributed by atoms with Crippen LogP contribution in [0, 0.1) is 10.1 Å². The molecule has 1 aromatic carbocycles. The second kappa shape index (κ2) is 9.56. The summed E-state index contributed by atoms with van der Waals surface area (Å²) in [7, 11) is 1.23. The number of hydrogen-bond acceptors (Lipinski definition) is 8. The summed E-state index contributed by atoms with van der Waals surface area (Å²) in [5.41, 5.74) is 2.96. The second-order valence-corrected chi connectivity index (χ2v) is 7.56. The highest BCUT2D eigenvalue weighted by atomic mass is 16.6. The topological polar surface area (TPSA) is 121 Å². The predicted octanol–water partition coefficient (Wildman–Crippen LogP) is 4.59. The van der Waals surface area contributed by atoms with Gasteiger partial charge in [-0.2, -0.15) is 0 Å². The second-order valence-electron chi connectivity index (χ2n) is 7.56. The van der Waals surface area contributed by atoms with Crippen LogP contribution in [0.3, 0.4) is 0 Å². The fourth-order valence-corrected chi connectivity index (χ4v) is 3.75. The number of rotatable bonds is 6. The molecule has 0 bridgehead atoms. The first kappa shape index (κ1) is 23.5. The lowest BCUT2D eigenvalue weighted by atomic mass is 9.80. The van der Waals surface area contributed by atoms with E-state index in [-0.39, 0.29) is 16.8 Å². The Labute approximate surface area is 190 Å². The molecule has 1 atom stereocenters. The molecule has 1 aromatic heterocycles. The van der Waals surface area contributed by atoms with Crippen molar-refractivity contribution < 1.29 is 28.4 Å². The van der Waals surface area contributed by atoms with Crippen molar-refractivity contribution in [3.05, 3.63) is 92.4 Å². The molecule has 0 saturated carbocycles. The highest BCUT2D eigenvalue weighted by Crippen LogP contribution is 2.40. The van der Waals surface area contributed by atoms with Gasteiger partial charge in [0.2, 0.25) is 0 Å². The molecule has 1 aliphatic heterocycles. The summed E-state index contributed by atoms with van der Waals surface area (Å²) in [5.74, 6) is -1.92. The highest BCUT2D eigenvalue weighted by molar-refractivity contribution is 6.00. The zero-order valence-corrected chi connectivity index (χ0v) is 18.9. The van der Waals surface area contributed by atoms with Crippen LogP contribution in [-0.4, -0.2) is 24.0 Å². The van der Waals surface area contributed by atoms with Crippen LogP contribution in [0.25, 0.3) is 5.57 Å². The van der Waals surface area contributed by atoms with Crippen LogP contribution in [0.1, 0.15) is 44.7 Å². The Morgan fingerprint density at radius 2 is 1.76 bits per heavy atom. The third-order valence-electron chi connectivity index (χ3n) is 5.53. The average Bonchev–Trinajstić information content (AvgIpc) is 3.32. The molecule has 0 radical (unpaired) electrons. The highest BCUT2D eigenvalue weighted by Gasteiger charge is 2.38. The molecule has 0 aliphatic carbocycles. The monoisotopic (exact) mass is 452 g/mol. The summed E-state index contributed by atoms with van der Waals surface area (Å²) in [6.45, 7) is 6.80. The third kappa shape index (κ3) is 4.72. The van der Waals surface area contributed by atoms with E-state index in [0.717, 1.165) is 5.56 Å². The molecule has 2 heterocycles. The van der Waals surface area contributed by atoms with E-state index in [1.165, 1.54) is 37.8 Å². The first-order chi connectivity index (χ1) is 15.6. The number of methoxy groups -OCH3 is 1. The minimum atomic E-state index is -0.923. The Morgan fingerprint density at radius 3 is 2.33 bits per heavy atom. The van der Waals surface area contributed by atoms with Crippen molar-refractivity contribution in [2.45, 2.75) is 33.6 Å². The van der Waals surface area contributed by atoms with Crippen LogP contribution in [0.4, 0.5) is 5.69 Å². The molecule has 33 heavy (non-hydrogen) atoms. The Morgan fingerprint density at radius 1 is 1.09 bits per heavy atom. The third-order valence-corrected chi connectivity index (χ3v) is 5.53. The van der Waals surface area contributed by atoms with Crippen molar-refractivity contribution >= 4 is 23.2 Å². The number of nitrogens with zero attached hydrogens (tertiary/aromatic N) is 1. The lowest BCUT2D eigenvalue weighted by molar-refractivity contribution is -0.384. The minimum Gasteiger partial charge on any atom is -0.472 e. The van der Waals surface area contributed by atoms with Crippen LogP contribution in [0.2, 0.25) is 0 Å². The fourth-order valence-electron chi connectivity index (χ4n) is 3.75. The zero-order valence-electron chi connectivity index (χ0n) is 18.9. The number of carbonyl (C=O) groups excluding carboxylic acids is 2. The quantitative estimate of drug-likeness (QED) is 0.292. The lowest BCUT2D eigenvalue weighted by Crippen LogP contribution is -2.32. The normalized spacial score (nSPS) is 16.7. The van der Waals surface area contributed by atoms with Crippen LogP contribution in [-0.2, 0) is 19.1 Å². The van der Waals surface area contributed by atoms with E-state index in [2.05, 4.69) is 5.32 Å². The number of carbonyl (C=O) groups is 2. The van der Waals surface area contributed by atoms with E-state index in [1.54, 1.807) is 39.8 Å². The maximum atomic E-state index is 13.4. The van der Waals surface area contributed by atoms with Crippen molar-refractivity contribution in [1.29, 1.82) is 0 Å². The zero-order chi connectivity index (χ0) is 24.3. The fraction of sp³-hybridized carbons (Fsp3) is 0.250. The maximum absolute atomic E-state index is 13.4. The smallest absolute Gasteiger partial charge is 0.341 e. The van der Waals surface area contributed by atoms with Gasteiger partial charge in [0.05, 0.1) is 41.6 Å². The molecule has 172 valence electrons. The number of non-ortho nitro benzene ring substituents is 1. The Kier molecular flexibility index (Phi) is 6.81. The molecule has 3 rings (SSSR count). The Hall–Kier alpha value is -4.14. The summed E-state index contributed by atoms with van der Waals surface area (Å²) >= 11 is 0. The van der Waals surface area contributed by atoms with Gasteiger partial charge in [-0.15, -0.1) is 0 Å². The molecule has 0 spiro atoms. The van der Waals surface area contributed by atoms with E-state index >= 15 is 0 Å². The summed E-state index contributed by atoms with van der Waals surface area (Å²) in [6, 6.07) is 7.55. The van der Waals surface area contributed by atoms with Crippen molar-refractivity contribution in [3.8, 4) is 0 Å². The van der Waals surface area contributed by atoms with Gasteiger partial charge < -0.3 is 19.2 Å². The summed E-state index contributed by atoms with van der Waals surface area (Å²) in [6.07, 6.45) is 3.05. The van der Waals surface area contributed by atoms with Gasteiger partial charge in [0.1, 0.15) is 5.76 Å². The van der Waals surface area contributed by atoms with Crippen LogP contribution >= 0.6 is 0 Å². The number of nitro benzene ring substituents is 1. The molecule has 0 fully saturated rings. The van der Waals surface area contributed by atoms with Crippen molar-refractivity contribution in [1.82, 2.24) is 5.32 Å². The number of dihydropyridines is 1. The first-order valence-electron chi connectivity index (χ1n) is 10.1. The number of hydrogen-bond donors (Lipinski definition) is 1. The van der Waals surface area contributed by atoms with E-state index in [1.807, 2.05) is 0 Å². The van der Waals surface area contributed by atoms with Gasteiger partial charge in [0.15, 0.2) is 0 Å². The van der Waals surface area contributed by atoms with E-state index in [4.69, 9.17) is 13.9 Å². The molecule has 2 aromatic rings. The average molecular weight is 452 g/mol. The van der Waals surface area contributed by atoms with Gasteiger partial charge in [-0.1, -0.05) is 12.1 Å². The van der Waals surface area contributed by atoms with Crippen molar-refractivity contribution in [3.63, 3.8) is 0 Å². The Balaban J connectivity index is 2.11. The van der Waals surface area contributed by atoms with Gasteiger partial charge in [0, 0.05) is 29.1 Å². The molecule has 1 N–H and O–H groups in total. The number of allylic oxidation sites excluding steroid dienone is 4. The van der Waals surface area contributed by atoms with Gasteiger partial charge in [-0.05, 0) is 44.9 Å². The lowest BCUT2D eigenvalue weighted by Gasteiger charge is -2.30. The van der Waals surface area contributed by atoms with E-state index < -0.39 is 22.8 Å². The van der Waals surface area contributed by atoms with Gasteiger partial charge in [-0.25, -0.2) is 9.59 Å². The summed E-state index contributed by atoms with van der Waals surface area (Å²) < 4.78 is 15.7.